The van der Waals surface area contributed by atoms with Gasteiger partial charge >= 0.3 is 0 Å². The summed E-state index contributed by atoms with van der Waals surface area (Å²) in [5, 5.41) is 14.2. The van der Waals surface area contributed by atoms with Crippen LogP contribution >= 0.6 is 0 Å². The van der Waals surface area contributed by atoms with E-state index in [2.05, 4.69) is 10.3 Å². The van der Waals surface area contributed by atoms with E-state index in [4.69, 9.17) is 0 Å². The van der Waals surface area contributed by atoms with Crippen LogP contribution in [0.25, 0.3) is 0 Å². The Labute approximate surface area is 188 Å². The van der Waals surface area contributed by atoms with Gasteiger partial charge in [-0.3, -0.25) is 29.6 Å². The number of carbonyl (C=O) groups is 2. The zero-order valence-electron chi connectivity index (χ0n) is 17.6. The summed E-state index contributed by atoms with van der Waals surface area (Å²) in [6, 6.07) is 13.3. The minimum atomic E-state index is -1.47. The summed E-state index contributed by atoms with van der Waals surface area (Å²) in [5.41, 5.74) is 0.116. The molecule has 1 aromatic heterocycles. The number of hydrogen-bond acceptors (Lipinski definition) is 6. The molecule has 1 spiro atoms. The second kappa shape index (κ2) is 7.56. The number of non-ortho nitro benzene ring substituents is 1. The van der Waals surface area contributed by atoms with Crippen LogP contribution in [-0.2, 0) is 10.3 Å². The first-order chi connectivity index (χ1) is 15.8. The van der Waals surface area contributed by atoms with Crippen molar-refractivity contribution in [3.8, 4) is 0 Å². The van der Waals surface area contributed by atoms with Gasteiger partial charge < -0.3 is 5.32 Å². The van der Waals surface area contributed by atoms with Crippen LogP contribution in [-0.4, -0.2) is 40.1 Å². The number of aromatic nitrogens is 1. The monoisotopic (exact) mass is 446 g/mol. The Morgan fingerprint density at radius 3 is 2.79 bits per heavy atom. The number of carbonyl (C=O) groups excluding carboxylic acids is 2. The molecule has 0 aliphatic carbocycles. The second-order valence-corrected chi connectivity index (χ2v) is 8.33. The molecule has 8 nitrogen and oxygen atoms in total. The van der Waals surface area contributed by atoms with Crippen molar-refractivity contribution in [2.24, 2.45) is 5.92 Å². The van der Waals surface area contributed by atoms with E-state index in [0.29, 0.717) is 22.4 Å². The number of likely N-dealkylation sites (tertiary alicyclic amines) is 1. The molecule has 3 heterocycles. The highest BCUT2D eigenvalue weighted by molar-refractivity contribution is 6.12. The second-order valence-electron chi connectivity index (χ2n) is 8.33. The lowest BCUT2D eigenvalue weighted by atomic mass is 9.70. The van der Waals surface area contributed by atoms with Gasteiger partial charge in [-0.05, 0) is 42.9 Å². The van der Waals surface area contributed by atoms with Crippen molar-refractivity contribution >= 4 is 23.1 Å². The molecule has 166 valence electrons. The number of nitrogens with zero attached hydrogens (tertiary/aromatic N) is 3. The van der Waals surface area contributed by atoms with Gasteiger partial charge in [-0.25, -0.2) is 4.39 Å². The van der Waals surface area contributed by atoms with Crippen LogP contribution in [0.3, 0.4) is 0 Å². The molecule has 1 N–H and O–H groups in total. The first-order valence-electron chi connectivity index (χ1n) is 10.4. The Morgan fingerprint density at radius 1 is 1.24 bits per heavy atom. The Bertz CT molecular complexity index is 1300. The van der Waals surface area contributed by atoms with Crippen LogP contribution in [0.5, 0.6) is 0 Å². The molecule has 3 unspecified atom stereocenters. The van der Waals surface area contributed by atoms with Crippen molar-refractivity contribution in [2.45, 2.75) is 11.5 Å². The number of anilines is 1. The van der Waals surface area contributed by atoms with Gasteiger partial charge in [0.15, 0.2) is 5.78 Å². The number of pyridine rings is 1. The molecule has 5 rings (SSSR count). The highest BCUT2D eigenvalue weighted by atomic mass is 19.1. The van der Waals surface area contributed by atoms with Gasteiger partial charge in [-0.15, -0.1) is 0 Å². The van der Waals surface area contributed by atoms with Crippen molar-refractivity contribution in [3.63, 3.8) is 0 Å². The molecule has 0 radical (unpaired) electrons. The largest absolute Gasteiger partial charge is 0.324 e. The van der Waals surface area contributed by atoms with Crippen LogP contribution in [0.4, 0.5) is 15.8 Å². The van der Waals surface area contributed by atoms with Crippen LogP contribution in [0, 0.1) is 21.8 Å². The number of ketones is 1. The van der Waals surface area contributed by atoms with Crippen molar-refractivity contribution in [2.75, 3.05) is 18.9 Å². The smallest absolute Gasteiger partial charge is 0.269 e. The number of hydrogen-bond donors (Lipinski definition) is 1. The fourth-order valence-corrected chi connectivity index (χ4v) is 5.27. The Kier molecular flexibility index (Phi) is 4.79. The Hall–Kier alpha value is -3.98. The van der Waals surface area contributed by atoms with Crippen molar-refractivity contribution in [1.29, 1.82) is 0 Å². The highest BCUT2D eigenvalue weighted by Gasteiger charge is 2.64. The molecule has 1 amide bonds. The normalized spacial score (nSPS) is 24.0. The number of amides is 1. The standard InChI is InChI=1S/C24H19FN4O4/c1-28-13-18(14-4-2-6-17(10-14)29(32)33)21(22(30)15-5-3-9-26-12-15)24(28)19-11-16(25)7-8-20(19)27-23(24)31/h2-12,18,21H,13H2,1H3,(H,27,31). The van der Waals surface area contributed by atoms with Crippen LogP contribution < -0.4 is 5.32 Å². The topological polar surface area (TPSA) is 105 Å². The molecule has 0 saturated carbocycles. The van der Waals surface area contributed by atoms with E-state index in [-0.39, 0.29) is 18.0 Å². The van der Waals surface area contributed by atoms with E-state index in [0.717, 1.165) is 0 Å². The van der Waals surface area contributed by atoms with Gasteiger partial charge in [0.25, 0.3) is 5.69 Å². The third-order valence-corrected chi connectivity index (χ3v) is 6.65. The fraction of sp³-hybridized carbons (Fsp3) is 0.208. The number of rotatable bonds is 4. The number of nitro groups is 1. The van der Waals surface area contributed by atoms with E-state index >= 15 is 0 Å². The number of likely N-dealkylation sites (N-methyl/N-ethyl adjacent to an activating group) is 1. The first kappa shape index (κ1) is 20.9. The molecule has 1 fully saturated rings. The summed E-state index contributed by atoms with van der Waals surface area (Å²) >= 11 is 0. The lowest BCUT2D eigenvalue weighted by molar-refractivity contribution is -0.384. The molecule has 2 aliphatic heterocycles. The zero-order chi connectivity index (χ0) is 23.3. The Morgan fingerprint density at radius 2 is 2.06 bits per heavy atom. The third kappa shape index (κ3) is 3.04. The van der Waals surface area contributed by atoms with Gasteiger partial charge in [0.2, 0.25) is 5.91 Å². The predicted molar refractivity (Wildman–Crippen MR) is 117 cm³/mol. The van der Waals surface area contributed by atoms with Gasteiger partial charge in [-0.1, -0.05) is 12.1 Å². The maximum absolute atomic E-state index is 14.3. The summed E-state index contributed by atoms with van der Waals surface area (Å²) in [4.78, 5) is 44.1. The predicted octanol–water partition coefficient (Wildman–Crippen LogP) is 3.50. The Balaban J connectivity index is 1.74. The summed E-state index contributed by atoms with van der Waals surface area (Å²) in [5.74, 6) is -2.80. The van der Waals surface area contributed by atoms with Gasteiger partial charge in [0, 0.05) is 53.8 Å². The molecule has 9 heteroatoms. The number of nitro benzene ring substituents is 1. The first-order valence-corrected chi connectivity index (χ1v) is 10.4. The molecule has 3 aromatic rings. The molecule has 3 atom stereocenters. The number of Topliss-reactive ketones (excluding diaryl/α,β-unsaturated/α-hetero) is 1. The lowest BCUT2D eigenvalue weighted by Gasteiger charge is -2.35. The van der Waals surface area contributed by atoms with Crippen LogP contribution in [0.2, 0.25) is 0 Å². The average Bonchev–Trinajstić information content (AvgIpc) is 3.29. The average molecular weight is 446 g/mol. The minimum Gasteiger partial charge on any atom is -0.324 e. The van der Waals surface area contributed by atoms with E-state index in [1.165, 1.54) is 42.7 Å². The summed E-state index contributed by atoms with van der Waals surface area (Å²) < 4.78 is 14.3. The van der Waals surface area contributed by atoms with Gasteiger partial charge in [0.1, 0.15) is 11.4 Å². The van der Waals surface area contributed by atoms with Gasteiger partial charge in [0.05, 0.1) is 10.8 Å². The molecule has 33 heavy (non-hydrogen) atoms. The lowest BCUT2D eigenvalue weighted by Crippen LogP contribution is -2.51. The van der Waals surface area contributed by atoms with E-state index in [1.54, 1.807) is 36.2 Å². The van der Waals surface area contributed by atoms with Crippen molar-refractivity contribution in [3.05, 3.63) is 99.6 Å². The number of halogens is 1. The third-order valence-electron chi connectivity index (χ3n) is 6.65. The number of fused-ring (bicyclic) bond motifs is 2. The van der Waals surface area contributed by atoms with E-state index < -0.39 is 34.0 Å². The molecule has 2 aromatic carbocycles. The zero-order valence-corrected chi connectivity index (χ0v) is 17.6. The van der Waals surface area contributed by atoms with E-state index in [9.17, 15) is 24.1 Å². The minimum absolute atomic E-state index is 0.106. The number of benzene rings is 2. The number of nitrogens with one attached hydrogen (secondary N) is 1. The SMILES string of the molecule is CN1CC(c2cccc([N+](=O)[O-])c2)C(C(=O)c2cccnc2)C12C(=O)Nc1ccc(F)cc12. The van der Waals surface area contributed by atoms with Gasteiger partial charge in [-0.2, -0.15) is 0 Å². The van der Waals surface area contributed by atoms with Crippen LogP contribution in [0.1, 0.15) is 27.4 Å². The fourth-order valence-electron chi connectivity index (χ4n) is 5.27. The van der Waals surface area contributed by atoms with Crippen LogP contribution in [0.15, 0.2) is 67.0 Å². The highest BCUT2D eigenvalue weighted by Crippen LogP contribution is 2.55. The van der Waals surface area contributed by atoms with E-state index in [1.807, 2.05) is 0 Å². The quantitative estimate of drug-likeness (QED) is 0.374. The molecular formula is C24H19FN4O4. The summed E-state index contributed by atoms with van der Waals surface area (Å²) in [7, 11) is 1.71. The molecule has 1 saturated heterocycles. The molecule has 2 aliphatic rings. The van der Waals surface area contributed by atoms with Crippen molar-refractivity contribution in [1.82, 2.24) is 9.88 Å². The molecular weight excluding hydrogens is 427 g/mol. The maximum atomic E-state index is 14.3. The summed E-state index contributed by atoms with van der Waals surface area (Å²) in [6.45, 7) is 0.265. The van der Waals surface area contributed by atoms with Crippen molar-refractivity contribution < 1.29 is 18.9 Å². The summed E-state index contributed by atoms with van der Waals surface area (Å²) in [6.07, 6.45) is 2.97. The molecule has 0 bridgehead atoms. The maximum Gasteiger partial charge on any atom is 0.269 e.